The van der Waals surface area contributed by atoms with Gasteiger partial charge in [-0.05, 0) is 61.4 Å². The van der Waals surface area contributed by atoms with Gasteiger partial charge in [0.25, 0.3) is 5.91 Å². The van der Waals surface area contributed by atoms with Crippen LogP contribution in [0.3, 0.4) is 0 Å². The number of benzene rings is 2. The molecular formula is C24H23N5O2S. The predicted octanol–water partition coefficient (Wildman–Crippen LogP) is 4.86. The Kier molecular flexibility index (Phi) is 5.68. The molecule has 5 rings (SSSR count). The maximum absolute atomic E-state index is 13.0. The van der Waals surface area contributed by atoms with Gasteiger partial charge in [0.15, 0.2) is 0 Å². The lowest BCUT2D eigenvalue weighted by Gasteiger charge is -2.32. The quantitative estimate of drug-likeness (QED) is 0.473. The number of anilines is 2. The first kappa shape index (κ1) is 20.4. The predicted molar refractivity (Wildman–Crippen MR) is 126 cm³/mol. The maximum Gasteiger partial charge on any atom is 0.253 e. The number of hydrogen-bond donors (Lipinski definition) is 1. The number of thiazole rings is 1. The maximum atomic E-state index is 13.0. The van der Waals surface area contributed by atoms with Gasteiger partial charge in [-0.15, -0.1) is 11.3 Å². The zero-order valence-electron chi connectivity index (χ0n) is 17.7. The number of fused-ring (bicyclic) bond motifs is 1. The number of carbonyl (C=O) groups excluding carboxylic acids is 1. The molecule has 32 heavy (non-hydrogen) atoms. The van der Waals surface area contributed by atoms with E-state index in [0.717, 1.165) is 58.8 Å². The van der Waals surface area contributed by atoms with Crippen molar-refractivity contribution in [1.82, 2.24) is 19.9 Å². The minimum absolute atomic E-state index is 0.0864. The van der Waals surface area contributed by atoms with E-state index in [1.165, 1.54) is 0 Å². The molecule has 4 aromatic rings. The smallest absolute Gasteiger partial charge is 0.253 e. The molecular weight excluding hydrogens is 422 g/mol. The van der Waals surface area contributed by atoms with Crippen LogP contribution >= 0.6 is 11.3 Å². The molecule has 0 aliphatic carbocycles. The van der Waals surface area contributed by atoms with E-state index in [4.69, 9.17) is 9.72 Å². The van der Waals surface area contributed by atoms with Gasteiger partial charge < -0.3 is 15.0 Å². The van der Waals surface area contributed by atoms with Gasteiger partial charge >= 0.3 is 0 Å². The van der Waals surface area contributed by atoms with E-state index in [-0.39, 0.29) is 5.91 Å². The van der Waals surface area contributed by atoms with Crippen LogP contribution in [0.25, 0.3) is 10.2 Å². The SMILES string of the molecule is COc1ccc(Nc2nccc(C3CCN(C(=O)c4ccc5ncsc5c4)CC3)n2)cc1. The Morgan fingerprint density at radius 1 is 1.09 bits per heavy atom. The van der Waals surface area contributed by atoms with E-state index in [9.17, 15) is 4.79 Å². The molecule has 0 spiro atoms. The summed E-state index contributed by atoms with van der Waals surface area (Å²) in [6, 6.07) is 15.4. The van der Waals surface area contributed by atoms with Crippen molar-refractivity contribution in [2.75, 3.05) is 25.5 Å². The monoisotopic (exact) mass is 445 g/mol. The lowest BCUT2D eigenvalue weighted by atomic mass is 9.93. The Morgan fingerprint density at radius 2 is 1.91 bits per heavy atom. The van der Waals surface area contributed by atoms with E-state index in [1.54, 1.807) is 24.6 Å². The molecule has 2 aromatic heterocycles. The van der Waals surface area contributed by atoms with Gasteiger partial charge in [0.05, 0.1) is 22.8 Å². The standard InChI is InChI=1S/C24H23N5O2S/c1-31-19-5-3-18(4-6-19)27-24-25-11-8-20(28-24)16-9-12-29(13-10-16)23(30)17-2-7-21-22(14-17)32-15-26-21/h2-8,11,14-16H,9-10,12-13H2,1H3,(H,25,27,28). The fourth-order valence-corrected chi connectivity index (χ4v) is 4.73. The molecule has 3 heterocycles. The second kappa shape index (κ2) is 8.92. The van der Waals surface area contributed by atoms with Gasteiger partial charge in [-0.2, -0.15) is 0 Å². The minimum atomic E-state index is 0.0864. The van der Waals surface area contributed by atoms with Crippen LogP contribution in [0.4, 0.5) is 11.6 Å². The lowest BCUT2D eigenvalue weighted by molar-refractivity contribution is 0.0712. The number of rotatable bonds is 5. The molecule has 0 bridgehead atoms. The topological polar surface area (TPSA) is 80.2 Å². The van der Waals surface area contributed by atoms with Crippen LogP contribution in [0.15, 0.2) is 60.2 Å². The molecule has 0 unspecified atom stereocenters. The second-order valence-electron chi connectivity index (χ2n) is 7.76. The first-order valence-corrected chi connectivity index (χ1v) is 11.4. The highest BCUT2D eigenvalue weighted by Gasteiger charge is 2.26. The Bertz CT molecular complexity index is 1230. The highest BCUT2D eigenvalue weighted by atomic mass is 32.1. The zero-order chi connectivity index (χ0) is 21.9. The van der Waals surface area contributed by atoms with E-state index in [0.29, 0.717) is 11.9 Å². The van der Waals surface area contributed by atoms with Gasteiger partial charge in [-0.25, -0.2) is 15.0 Å². The zero-order valence-corrected chi connectivity index (χ0v) is 18.5. The summed E-state index contributed by atoms with van der Waals surface area (Å²) in [6.07, 6.45) is 3.55. The largest absolute Gasteiger partial charge is 0.497 e. The van der Waals surface area contributed by atoms with E-state index in [2.05, 4.69) is 15.3 Å². The Hall–Kier alpha value is -3.52. The number of amides is 1. The van der Waals surface area contributed by atoms with E-state index in [1.807, 2.05) is 58.9 Å². The summed E-state index contributed by atoms with van der Waals surface area (Å²) in [5, 5.41) is 3.25. The van der Waals surface area contributed by atoms with Gasteiger partial charge in [-0.3, -0.25) is 4.79 Å². The van der Waals surface area contributed by atoms with Gasteiger partial charge in [-0.1, -0.05) is 0 Å². The third-order valence-electron chi connectivity index (χ3n) is 5.80. The molecule has 1 aliphatic rings. The summed E-state index contributed by atoms with van der Waals surface area (Å²) in [6.45, 7) is 1.44. The number of nitrogens with zero attached hydrogens (tertiary/aromatic N) is 4. The molecule has 8 heteroatoms. The van der Waals surface area contributed by atoms with Crippen molar-refractivity contribution in [1.29, 1.82) is 0 Å². The van der Waals surface area contributed by atoms with Crippen LogP contribution in [0.1, 0.15) is 34.8 Å². The number of methoxy groups -OCH3 is 1. The fraction of sp³-hybridized carbons (Fsp3) is 0.250. The summed E-state index contributed by atoms with van der Waals surface area (Å²) >= 11 is 1.56. The number of aromatic nitrogens is 3. The number of piperidine rings is 1. The van der Waals surface area contributed by atoms with E-state index >= 15 is 0 Å². The molecule has 162 valence electrons. The molecule has 2 aromatic carbocycles. The van der Waals surface area contributed by atoms with Crippen molar-refractivity contribution in [2.45, 2.75) is 18.8 Å². The highest BCUT2D eigenvalue weighted by molar-refractivity contribution is 7.16. The van der Waals surface area contributed by atoms with Crippen LogP contribution in [0, 0.1) is 0 Å². The first-order chi connectivity index (χ1) is 15.7. The third kappa shape index (κ3) is 4.27. The van der Waals surface area contributed by atoms with Gasteiger partial charge in [0, 0.05) is 42.1 Å². The molecule has 0 saturated carbocycles. The van der Waals surface area contributed by atoms with Crippen LogP contribution in [-0.4, -0.2) is 46.0 Å². The van der Waals surface area contributed by atoms with Crippen LogP contribution < -0.4 is 10.1 Å². The average molecular weight is 446 g/mol. The summed E-state index contributed by atoms with van der Waals surface area (Å²) in [5.41, 5.74) is 5.39. The normalized spacial score (nSPS) is 14.5. The molecule has 1 saturated heterocycles. The molecule has 1 N–H and O–H groups in total. The Balaban J connectivity index is 1.22. The van der Waals surface area contributed by atoms with Crippen LogP contribution in [-0.2, 0) is 0 Å². The molecule has 0 atom stereocenters. The van der Waals surface area contributed by atoms with Crippen LogP contribution in [0.2, 0.25) is 0 Å². The molecule has 1 fully saturated rings. The van der Waals surface area contributed by atoms with Crippen molar-refractivity contribution in [3.63, 3.8) is 0 Å². The number of ether oxygens (including phenoxy) is 1. The van der Waals surface area contributed by atoms with Crippen LogP contribution in [0.5, 0.6) is 5.75 Å². The molecule has 1 aliphatic heterocycles. The Labute approximate surface area is 190 Å². The van der Waals surface area contributed by atoms with Gasteiger partial charge in [0.1, 0.15) is 5.75 Å². The third-order valence-corrected chi connectivity index (χ3v) is 6.59. The lowest BCUT2D eigenvalue weighted by Crippen LogP contribution is -2.38. The molecule has 0 radical (unpaired) electrons. The summed E-state index contributed by atoms with van der Waals surface area (Å²) in [5.74, 6) is 1.77. The van der Waals surface area contributed by atoms with Crippen molar-refractivity contribution < 1.29 is 9.53 Å². The molecule has 7 nitrogen and oxygen atoms in total. The number of hydrogen-bond acceptors (Lipinski definition) is 7. The molecule has 1 amide bonds. The average Bonchev–Trinajstić information content (AvgIpc) is 3.32. The number of nitrogens with one attached hydrogen (secondary N) is 1. The van der Waals surface area contributed by atoms with Crippen molar-refractivity contribution in [2.24, 2.45) is 0 Å². The van der Waals surface area contributed by atoms with Crippen molar-refractivity contribution in [3.8, 4) is 5.75 Å². The highest BCUT2D eigenvalue weighted by Crippen LogP contribution is 2.29. The number of carbonyl (C=O) groups is 1. The summed E-state index contributed by atoms with van der Waals surface area (Å²) in [7, 11) is 1.65. The fourth-order valence-electron chi connectivity index (χ4n) is 4.01. The summed E-state index contributed by atoms with van der Waals surface area (Å²) < 4.78 is 6.24. The summed E-state index contributed by atoms with van der Waals surface area (Å²) in [4.78, 5) is 28.3. The Morgan fingerprint density at radius 3 is 2.69 bits per heavy atom. The van der Waals surface area contributed by atoms with Crippen molar-refractivity contribution in [3.05, 3.63) is 71.5 Å². The van der Waals surface area contributed by atoms with Crippen molar-refractivity contribution >= 4 is 39.1 Å². The first-order valence-electron chi connectivity index (χ1n) is 10.6. The number of likely N-dealkylation sites (tertiary alicyclic amines) is 1. The minimum Gasteiger partial charge on any atom is -0.497 e. The second-order valence-corrected chi connectivity index (χ2v) is 8.65. The van der Waals surface area contributed by atoms with E-state index < -0.39 is 0 Å². The van der Waals surface area contributed by atoms with Gasteiger partial charge in [0.2, 0.25) is 5.95 Å².